The topological polar surface area (TPSA) is 59.2 Å². The molecule has 0 spiro atoms. The molecule has 3 rings (SSSR count). The Morgan fingerprint density at radius 2 is 2.47 bits per heavy atom. The average Bonchev–Trinajstić information content (AvgIpc) is 3.00. The normalized spacial score (nSPS) is 29.8. The van der Waals surface area contributed by atoms with Crippen LogP contribution in [-0.4, -0.2) is 35.4 Å². The molecule has 0 aromatic carbocycles. The van der Waals surface area contributed by atoms with Gasteiger partial charge >= 0.3 is 0 Å². The number of likely N-dealkylation sites (tertiary alicyclic amines) is 1. The van der Waals surface area contributed by atoms with Gasteiger partial charge in [-0.15, -0.1) is 11.3 Å². The molecule has 2 fully saturated rings. The fourth-order valence-corrected chi connectivity index (χ4v) is 4.67. The van der Waals surface area contributed by atoms with E-state index in [1.54, 1.807) is 0 Å². The minimum atomic E-state index is 0.0166. The number of carbonyl (C=O) groups excluding carboxylic acids is 1. The van der Waals surface area contributed by atoms with E-state index in [1.165, 1.54) is 24.2 Å². The summed E-state index contributed by atoms with van der Waals surface area (Å²) in [6, 6.07) is 0. The number of hydrogen-bond donors (Lipinski definition) is 1. The summed E-state index contributed by atoms with van der Waals surface area (Å²) in [4.78, 5) is 19.5. The summed E-state index contributed by atoms with van der Waals surface area (Å²) < 4.78 is 0.439. The molecule has 2 aliphatic rings. The highest BCUT2D eigenvalue weighted by atomic mass is 35.5. The number of thiazole rings is 1. The van der Waals surface area contributed by atoms with Gasteiger partial charge in [-0.1, -0.05) is 18.0 Å². The highest BCUT2D eigenvalue weighted by Crippen LogP contribution is 2.48. The van der Waals surface area contributed by atoms with Crippen molar-refractivity contribution >= 4 is 28.8 Å². The Morgan fingerprint density at radius 1 is 1.68 bits per heavy atom. The fourth-order valence-electron chi connectivity index (χ4n) is 3.61. The summed E-state index contributed by atoms with van der Waals surface area (Å²) >= 11 is 7.25. The van der Waals surface area contributed by atoms with Crippen LogP contribution in [0.4, 0.5) is 0 Å². The number of hydrogen-bond acceptors (Lipinski definition) is 4. The second kappa shape index (κ2) is 4.72. The molecule has 4 nitrogen and oxygen atoms in total. The number of rotatable bonds is 2. The summed E-state index contributed by atoms with van der Waals surface area (Å²) in [5.41, 5.74) is 6.64. The Hall–Kier alpha value is -0.650. The number of fused-ring (bicyclic) bond motifs is 1. The van der Waals surface area contributed by atoms with Crippen molar-refractivity contribution in [2.45, 2.75) is 26.2 Å². The van der Waals surface area contributed by atoms with Crippen molar-refractivity contribution in [2.75, 3.05) is 19.6 Å². The van der Waals surface area contributed by atoms with Gasteiger partial charge in [0.15, 0.2) is 4.47 Å². The molecule has 1 aromatic rings. The van der Waals surface area contributed by atoms with Crippen LogP contribution in [0.25, 0.3) is 0 Å². The largest absolute Gasteiger partial charge is 0.336 e. The minimum Gasteiger partial charge on any atom is -0.336 e. The van der Waals surface area contributed by atoms with Gasteiger partial charge in [0.1, 0.15) is 5.69 Å². The van der Waals surface area contributed by atoms with Crippen molar-refractivity contribution in [3.63, 3.8) is 0 Å². The van der Waals surface area contributed by atoms with Crippen LogP contribution in [0.1, 0.15) is 34.6 Å². The first-order valence-electron chi connectivity index (χ1n) is 6.68. The maximum Gasteiger partial charge on any atom is 0.273 e. The first-order chi connectivity index (χ1) is 9.05. The lowest BCUT2D eigenvalue weighted by atomic mass is 9.81. The van der Waals surface area contributed by atoms with E-state index >= 15 is 0 Å². The van der Waals surface area contributed by atoms with Crippen molar-refractivity contribution in [1.29, 1.82) is 0 Å². The van der Waals surface area contributed by atoms with Gasteiger partial charge < -0.3 is 10.6 Å². The molecule has 1 aliphatic heterocycles. The van der Waals surface area contributed by atoms with Crippen LogP contribution in [0.5, 0.6) is 0 Å². The van der Waals surface area contributed by atoms with Crippen molar-refractivity contribution in [3.8, 4) is 0 Å². The minimum absolute atomic E-state index is 0.0166. The van der Waals surface area contributed by atoms with Gasteiger partial charge in [0, 0.05) is 23.4 Å². The van der Waals surface area contributed by atoms with Crippen molar-refractivity contribution < 1.29 is 4.79 Å². The Balaban J connectivity index is 1.82. The molecule has 1 amide bonds. The van der Waals surface area contributed by atoms with Crippen LogP contribution in [0.15, 0.2) is 0 Å². The van der Waals surface area contributed by atoms with Crippen molar-refractivity contribution in [3.05, 3.63) is 15.0 Å². The molecule has 104 valence electrons. The zero-order valence-corrected chi connectivity index (χ0v) is 12.6. The molecule has 0 radical (unpaired) electrons. The summed E-state index contributed by atoms with van der Waals surface area (Å²) in [6.07, 6.45) is 3.58. The van der Waals surface area contributed by atoms with E-state index in [1.807, 2.05) is 11.8 Å². The van der Waals surface area contributed by atoms with Crippen LogP contribution >= 0.6 is 22.9 Å². The van der Waals surface area contributed by atoms with Gasteiger partial charge in [-0.25, -0.2) is 4.98 Å². The first kappa shape index (κ1) is 13.3. The van der Waals surface area contributed by atoms with Crippen LogP contribution in [0.2, 0.25) is 4.47 Å². The second-order valence-corrected chi connectivity index (χ2v) is 7.50. The number of carbonyl (C=O) groups is 1. The molecule has 2 heterocycles. The molecule has 2 N–H and O–H groups in total. The average molecular weight is 300 g/mol. The smallest absolute Gasteiger partial charge is 0.273 e. The molecule has 6 heteroatoms. The molecule has 0 bridgehead atoms. The SMILES string of the molecule is Cc1sc(Cl)nc1C(=O)N1C[C@@H]2CCC[C@]2(CN)C1. The molecule has 1 aliphatic carbocycles. The Kier molecular flexibility index (Phi) is 3.31. The lowest BCUT2D eigenvalue weighted by molar-refractivity contribution is 0.0764. The molecule has 0 unspecified atom stereocenters. The highest BCUT2D eigenvalue weighted by Gasteiger charge is 2.50. The van der Waals surface area contributed by atoms with Gasteiger partial charge in [-0.05, 0) is 32.2 Å². The van der Waals surface area contributed by atoms with Gasteiger partial charge in [0.25, 0.3) is 5.91 Å². The second-order valence-electron chi connectivity index (χ2n) is 5.71. The van der Waals surface area contributed by atoms with Gasteiger partial charge in [-0.3, -0.25) is 4.79 Å². The maximum atomic E-state index is 12.5. The number of nitrogens with two attached hydrogens (primary N) is 1. The van der Waals surface area contributed by atoms with E-state index in [9.17, 15) is 4.79 Å². The van der Waals surface area contributed by atoms with Gasteiger partial charge in [-0.2, -0.15) is 0 Å². The van der Waals surface area contributed by atoms with Crippen molar-refractivity contribution in [1.82, 2.24) is 9.88 Å². The highest BCUT2D eigenvalue weighted by molar-refractivity contribution is 7.15. The summed E-state index contributed by atoms with van der Waals surface area (Å²) in [5, 5.41) is 0. The predicted octanol–water partition coefficient (Wildman–Crippen LogP) is 2.31. The van der Waals surface area contributed by atoms with Crippen molar-refractivity contribution in [2.24, 2.45) is 17.1 Å². The zero-order valence-electron chi connectivity index (χ0n) is 11.0. The number of aromatic nitrogens is 1. The van der Waals surface area contributed by atoms with Crippen LogP contribution in [0.3, 0.4) is 0 Å². The molecule has 19 heavy (non-hydrogen) atoms. The van der Waals surface area contributed by atoms with E-state index in [0.717, 1.165) is 24.4 Å². The zero-order chi connectivity index (χ0) is 13.6. The van der Waals surface area contributed by atoms with E-state index in [4.69, 9.17) is 17.3 Å². The Bertz CT molecular complexity index is 518. The quantitative estimate of drug-likeness (QED) is 0.911. The van der Waals surface area contributed by atoms with E-state index < -0.39 is 0 Å². The maximum absolute atomic E-state index is 12.5. The Morgan fingerprint density at radius 3 is 3.05 bits per heavy atom. The predicted molar refractivity (Wildman–Crippen MR) is 76.6 cm³/mol. The number of aryl methyl sites for hydroxylation is 1. The first-order valence-corrected chi connectivity index (χ1v) is 7.87. The third kappa shape index (κ3) is 2.08. The van der Waals surface area contributed by atoms with E-state index in [-0.39, 0.29) is 11.3 Å². The summed E-state index contributed by atoms with van der Waals surface area (Å²) in [7, 11) is 0. The Labute approximate surface area is 121 Å². The monoisotopic (exact) mass is 299 g/mol. The van der Waals surface area contributed by atoms with E-state index in [0.29, 0.717) is 22.6 Å². The number of halogens is 1. The summed E-state index contributed by atoms with van der Waals surface area (Å²) in [6.45, 7) is 4.18. The third-order valence-electron chi connectivity index (χ3n) is 4.71. The molecule has 2 atom stereocenters. The molecule has 1 aromatic heterocycles. The summed E-state index contributed by atoms with van der Waals surface area (Å²) in [5.74, 6) is 0.582. The molecular formula is C13H18ClN3OS. The van der Waals surface area contributed by atoms with Crippen LogP contribution in [0, 0.1) is 18.3 Å². The standard InChI is InChI=1S/C13H18ClN3OS/c1-8-10(16-12(14)19-8)11(18)17-5-9-3-2-4-13(9,6-15)7-17/h9H,2-7,15H2,1H3/t9-,13-/m0/s1. The van der Waals surface area contributed by atoms with E-state index in [2.05, 4.69) is 4.98 Å². The lowest BCUT2D eigenvalue weighted by Gasteiger charge is -2.26. The van der Waals surface area contributed by atoms with Gasteiger partial charge in [0.2, 0.25) is 0 Å². The van der Waals surface area contributed by atoms with Crippen LogP contribution in [-0.2, 0) is 0 Å². The van der Waals surface area contributed by atoms with Gasteiger partial charge in [0.05, 0.1) is 0 Å². The fraction of sp³-hybridized carbons (Fsp3) is 0.692. The molecule has 1 saturated carbocycles. The lowest BCUT2D eigenvalue weighted by Crippen LogP contribution is -2.36. The number of amides is 1. The van der Waals surface area contributed by atoms with Crippen LogP contribution < -0.4 is 5.73 Å². The number of nitrogens with zero attached hydrogens (tertiary/aromatic N) is 2. The molecule has 1 saturated heterocycles. The third-order valence-corrected chi connectivity index (χ3v) is 5.78. The molecular weight excluding hydrogens is 282 g/mol.